The number of rotatable bonds is 7. The van der Waals surface area contributed by atoms with Gasteiger partial charge < -0.3 is 10.6 Å². The van der Waals surface area contributed by atoms with E-state index in [1.165, 1.54) is 6.42 Å². The SMILES string of the molecule is CCNc1nc(NC(C)CC(C)CC)c2ccsc2n1. The van der Waals surface area contributed by atoms with E-state index in [1.54, 1.807) is 11.3 Å². The smallest absolute Gasteiger partial charge is 0.226 e. The molecule has 5 heteroatoms. The Balaban J connectivity index is 2.21. The van der Waals surface area contributed by atoms with Gasteiger partial charge >= 0.3 is 0 Å². The summed E-state index contributed by atoms with van der Waals surface area (Å²) in [6.07, 6.45) is 2.37. The zero-order valence-corrected chi connectivity index (χ0v) is 13.5. The van der Waals surface area contributed by atoms with Crippen molar-refractivity contribution in [3.63, 3.8) is 0 Å². The van der Waals surface area contributed by atoms with Gasteiger partial charge in [-0.05, 0) is 37.6 Å². The fourth-order valence-corrected chi connectivity index (χ4v) is 3.03. The summed E-state index contributed by atoms with van der Waals surface area (Å²) in [5.41, 5.74) is 0. The van der Waals surface area contributed by atoms with Crippen LogP contribution in [0.15, 0.2) is 11.4 Å². The summed E-state index contributed by atoms with van der Waals surface area (Å²) in [7, 11) is 0. The van der Waals surface area contributed by atoms with E-state index in [2.05, 4.69) is 59.7 Å². The minimum absolute atomic E-state index is 0.414. The maximum atomic E-state index is 4.61. The predicted octanol–water partition coefficient (Wildman–Crippen LogP) is 4.36. The van der Waals surface area contributed by atoms with Crippen molar-refractivity contribution in [1.82, 2.24) is 9.97 Å². The third-order valence-corrected chi connectivity index (χ3v) is 4.30. The van der Waals surface area contributed by atoms with Crippen LogP contribution in [0.4, 0.5) is 11.8 Å². The molecule has 110 valence electrons. The number of thiophene rings is 1. The van der Waals surface area contributed by atoms with Gasteiger partial charge in [-0.1, -0.05) is 20.3 Å². The summed E-state index contributed by atoms with van der Waals surface area (Å²) in [4.78, 5) is 10.2. The Morgan fingerprint density at radius 2 is 2.05 bits per heavy atom. The van der Waals surface area contributed by atoms with Gasteiger partial charge in [0.05, 0.1) is 5.39 Å². The summed E-state index contributed by atoms with van der Waals surface area (Å²) in [6, 6.07) is 2.51. The molecule has 20 heavy (non-hydrogen) atoms. The molecule has 0 aliphatic rings. The lowest BCUT2D eigenvalue weighted by Crippen LogP contribution is -2.19. The third-order valence-electron chi connectivity index (χ3n) is 3.50. The minimum Gasteiger partial charge on any atom is -0.367 e. The highest BCUT2D eigenvalue weighted by Gasteiger charge is 2.12. The maximum Gasteiger partial charge on any atom is 0.226 e. The molecular weight excluding hydrogens is 268 g/mol. The van der Waals surface area contributed by atoms with E-state index in [0.29, 0.717) is 12.0 Å². The molecule has 2 unspecified atom stereocenters. The van der Waals surface area contributed by atoms with Gasteiger partial charge in [0.2, 0.25) is 5.95 Å². The van der Waals surface area contributed by atoms with E-state index in [-0.39, 0.29) is 0 Å². The standard InChI is InChI=1S/C15H24N4S/c1-5-10(3)9-11(4)17-13-12-7-8-20-14(12)19-15(18-13)16-6-2/h7-8,10-11H,5-6,9H2,1-4H3,(H2,16,17,18,19). The van der Waals surface area contributed by atoms with E-state index in [4.69, 9.17) is 0 Å². The van der Waals surface area contributed by atoms with Crippen molar-refractivity contribution in [2.24, 2.45) is 5.92 Å². The summed E-state index contributed by atoms with van der Waals surface area (Å²) < 4.78 is 0. The average molecular weight is 292 g/mol. The molecule has 0 bridgehead atoms. The van der Waals surface area contributed by atoms with Gasteiger partial charge in [-0.2, -0.15) is 4.98 Å². The largest absolute Gasteiger partial charge is 0.367 e. The van der Waals surface area contributed by atoms with Crippen LogP contribution in [0.5, 0.6) is 0 Å². The molecule has 0 spiro atoms. The number of hydrogen-bond donors (Lipinski definition) is 2. The second kappa shape index (κ2) is 6.88. The Bertz CT molecular complexity index is 552. The number of fused-ring (bicyclic) bond motifs is 1. The van der Waals surface area contributed by atoms with E-state index in [0.717, 1.165) is 34.9 Å². The zero-order chi connectivity index (χ0) is 14.5. The van der Waals surface area contributed by atoms with Crippen LogP contribution in [-0.4, -0.2) is 22.6 Å². The van der Waals surface area contributed by atoms with Crippen LogP contribution >= 0.6 is 11.3 Å². The predicted molar refractivity (Wildman–Crippen MR) is 88.7 cm³/mol. The lowest BCUT2D eigenvalue weighted by molar-refractivity contribution is 0.483. The Labute approximate surface area is 125 Å². The van der Waals surface area contributed by atoms with Gasteiger partial charge in [-0.3, -0.25) is 0 Å². The normalized spacial score (nSPS) is 14.2. The summed E-state index contributed by atoms with van der Waals surface area (Å²) in [5.74, 6) is 2.38. The Kier molecular flexibility index (Phi) is 5.17. The summed E-state index contributed by atoms with van der Waals surface area (Å²) in [5, 5.41) is 9.94. The first-order chi connectivity index (χ1) is 9.63. The van der Waals surface area contributed by atoms with Crippen LogP contribution in [-0.2, 0) is 0 Å². The lowest BCUT2D eigenvalue weighted by atomic mass is 10.0. The van der Waals surface area contributed by atoms with Crippen molar-refractivity contribution in [3.05, 3.63) is 11.4 Å². The fraction of sp³-hybridized carbons (Fsp3) is 0.600. The molecule has 2 heterocycles. The van der Waals surface area contributed by atoms with Crippen molar-refractivity contribution in [2.45, 2.75) is 46.6 Å². The molecule has 0 radical (unpaired) electrons. The van der Waals surface area contributed by atoms with Gasteiger partial charge in [0.15, 0.2) is 0 Å². The van der Waals surface area contributed by atoms with Crippen LogP contribution in [0.25, 0.3) is 10.2 Å². The van der Waals surface area contributed by atoms with Crippen LogP contribution in [0.1, 0.15) is 40.5 Å². The zero-order valence-electron chi connectivity index (χ0n) is 12.7. The van der Waals surface area contributed by atoms with Crippen LogP contribution in [0.3, 0.4) is 0 Å². The molecule has 0 aliphatic carbocycles. The number of nitrogens with zero attached hydrogens (tertiary/aromatic N) is 2. The lowest BCUT2D eigenvalue weighted by Gasteiger charge is -2.19. The van der Waals surface area contributed by atoms with Crippen LogP contribution < -0.4 is 10.6 Å². The van der Waals surface area contributed by atoms with E-state index in [9.17, 15) is 0 Å². The van der Waals surface area contributed by atoms with Crippen molar-refractivity contribution in [3.8, 4) is 0 Å². The highest BCUT2D eigenvalue weighted by molar-refractivity contribution is 7.16. The van der Waals surface area contributed by atoms with Gasteiger partial charge in [0, 0.05) is 12.6 Å². The van der Waals surface area contributed by atoms with Gasteiger partial charge in [-0.25, -0.2) is 4.98 Å². The highest BCUT2D eigenvalue weighted by Crippen LogP contribution is 2.27. The van der Waals surface area contributed by atoms with E-state index in [1.807, 2.05) is 0 Å². The minimum atomic E-state index is 0.414. The topological polar surface area (TPSA) is 49.8 Å². The molecule has 0 aromatic carbocycles. The first-order valence-corrected chi connectivity index (χ1v) is 8.27. The van der Waals surface area contributed by atoms with Crippen LogP contribution in [0, 0.1) is 5.92 Å². The molecular formula is C15H24N4S. The van der Waals surface area contributed by atoms with Crippen molar-refractivity contribution in [2.75, 3.05) is 17.2 Å². The number of aromatic nitrogens is 2. The van der Waals surface area contributed by atoms with E-state index < -0.39 is 0 Å². The number of anilines is 2. The molecule has 0 fully saturated rings. The monoisotopic (exact) mass is 292 g/mol. The summed E-state index contributed by atoms with van der Waals surface area (Å²) >= 11 is 1.66. The molecule has 2 N–H and O–H groups in total. The first kappa shape index (κ1) is 15.0. The van der Waals surface area contributed by atoms with Crippen molar-refractivity contribution < 1.29 is 0 Å². The van der Waals surface area contributed by atoms with E-state index >= 15 is 0 Å². The van der Waals surface area contributed by atoms with Crippen molar-refractivity contribution >= 4 is 33.3 Å². The summed E-state index contributed by atoms with van der Waals surface area (Å²) in [6.45, 7) is 9.64. The van der Waals surface area contributed by atoms with Crippen molar-refractivity contribution in [1.29, 1.82) is 0 Å². The molecule has 2 rings (SSSR count). The molecule has 0 saturated carbocycles. The number of nitrogens with one attached hydrogen (secondary N) is 2. The molecule has 2 atom stereocenters. The van der Waals surface area contributed by atoms with Crippen LogP contribution in [0.2, 0.25) is 0 Å². The molecule has 0 amide bonds. The molecule has 2 aromatic rings. The van der Waals surface area contributed by atoms with Gasteiger partial charge in [-0.15, -0.1) is 11.3 Å². The Morgan fingerprint density at radius 3 is 2.75 bits per heavy atom. The fourth-order valence-electron chi connectivity index (χ4n) is 2.27. The number of hydrogen-bond acceptors (Lipinski definition) is 5. The maximum absolute atomic E-state index is 4.61. The second-order valence-corrected chi connectivity index (χ2v) is 6.25. The highest BCUT2D eigenvalue weighted by atomic mass is 32.1. The molecule has 0 aliphatic heterocycles. The molecule has 0 saturated heterocycles. The third kappa shape index (κ3) is 3.60. The van der Waals surface area contributed by atoms with Gasteiger partial charge in [0.25, 0.3) is 0 Å². The quantitative estimate of drug-likeness (QED) is 0.796. The first-order valence-electron chi connectivity index (χ1n) is 7.39. The Hall–Kier alpha value is -1.36. The Morgan fingerprint density at radius 1 is 1.25 bits per heavy atom. The molecule has 2 aromatic heterocycles. The molecule has 4 nitrogen and oxygen atoms in total. The van der Waals surface area contributed by atoms with Gasteiger partial charge in [0.1, 0.15) is 10.6 Å². The average Bonchev–Trinajstić information content (AvgIpc) is 2.87. The second-order valence-electron chi connectivity index (χ2n) is 5.36.